The summed E-state index contributed by atoms with van der Waals surface area (Å²) in [6.45, 7) is 12.5. The second kappa shape index (κ2) is 8.02. The van der Waals surface area contributed by atoms with Gasteiger partial charge in [0.2, 0.25) is 0 Å². The Balaban J connectivity index is 1.94. The minimum Gasteiger partial charge on any atom is -0.482 e. The molecule has 4 heteroatoms. The first-order valence-corrected chi connectivity index (χ1v) is 9.06. The molecule has 1 aromatic carbocycles. The van der Waals surface area contributed by atoms with Crippen molar-refractivity contribution in [2.24, 2.45) is 5.92 Å². The van der Waals surface area contributed by atoms with Crippen molar-refractivity contribution in [3.63, 3.8) is 0 Å². The van der Waals surface area contributed by atoms with Gasteiger partial charge in [-0.1, -0.05) is 26.0 Å². The lowest BCUT2D eigenvalue weighted by atomic mass is 9.83. The molecule has 1 aliphatic rings. The average molecular weight is 334 g/mol. The van der Waals surface area contributed by atoms with Gasteiger partial charge in [-0.25, -0.2) is 4.79 Å². The number of benzene rings is 1. The molecule has 1 aromatic rings. The monoisotopic (exact) mass is 334 g/mol. The van der Waals surface area contributed by atoms with Gasteiger partial charge in [0.1, 0.15) is 11.4 Å². The molecular weight excluding hydrogens is 302 g/mol. The fourth-order valence-corrected chi connectivity index (χ4v) is 3.41. The highest BCUT2D eigenvalue weighted by Crippen LogP contribution is 2.29. The third-order valence-corrected chi connectivity index (χ3v) is 4.94. The highest BCUT2D eigenvalue weighted by molar-refractivity contribution is 5.71. The van der Waals surface area contributed by atoms with Crippen molar-refractivity contribution in [3.05, 3.63) is 29.3 Å². The van der Waals surface area contributed by atoms with Crippen LogP contribution in [-0.2, 0) is 9.53 Å². The molecule has 24 heavy (non-hydrogen) atoms. The summed E-state index contributed by atoms with van der Waals surface area (Å²) in [4.78, 5) is 12.3. The third-order valence-electron chi connectivity index (χ3n) is 4.94. The van der Waals surface area contributed by atoms with E-state index in [2.05, 4.69) is 31.3 Å². The molecule has 1 fully saturated rings. The minimum absolute atomic E-state index is 0.0363. The van der Waals surface area contributed by atoms with E-state index < -0.39 is 5.60 Å². The summed E-state index contributed by atoms with van der Waals surface area (Å²) >= 11 is 0. The Bertz CT molecular complexity index is 560. The van der Waals surface area contributed by atoms with Crippen LogP contribution in [0.2, 0.25) is 0 Å². The van der Waals surface area contributed by atoms with Crippen LogP contribution in [0, 0.1) is 12.8 Å². The zero-order valence-electron chi connectivity index (χ0n) is 15.7. The summed E-state index contributed by atoms with van der Waals surface area (Å²) in [5.41, 5.74) is 1.82. The first kappa shape index (κ1) is 18.8. The van der Waals surface area contributed by atoms with E-state index in [9.17, 15) is 4.79 Å². The Morgan fingerprint density at radius 2 is 1.96 bits per heavy atom. The molecule has 0 atom stereocenters. The molecule has 0 bridgehead atoms. The number of ether oxygens (including phenoxy) is 2. The number of hydrogen-bond acceptors (Lipinski definition) is 3. The predicted octanol–water partition coefficient (Wildman–Crippen LogP) is 2.79. The van der Waals surface area contributed by atoms with Crippen LogP contribution in [0.4, 0.5) is 0 Å². The molecule has 0 amide bonds. The Labute approximate surface area is 145 Å². The lowest BCUT2D eigenvalue weighted by molar-refractivity contribution is -0.665. The first-order chi connectivity index (χ1) is 11.3. The van der Waals surface area contributed by atoms with Crippen LogP contribution in [0.25, 0.3) is 0 Å². The second-order valence-electron chi connectivity index (χ2n) is 7.70. The fraction of sp³-hybridized carbons (Fsp3) is 0.650. The van der Waals surface area contributed by atoms with Gasteiger partial charge in [0.05, 0.1) is 13.1 Å². The van der Waals surface area contributed by atoms with E-state index in [-0.39, 0.29) is 12.6 Å². The van der Waals surface area contributed by atoms with Crippen molar-refractivity contribution in [2.75, 3.05) is 19.7 Å². The fourth-order valence-electron chi connectivity index (χ4n) is 3.41. The van der Waals surface area contributed by atoms with Gasteiger partial charge in [0, 0.05) is 18.8 Å². The van der Waals surface area contributed by atoms with Crippen LogP contribution in [0.3, 0.4) is 0 Å². The molecule has 0 radical (unpaired) electrons. The van der Waals surface area contributed by atoms with Gasteiger partial charge in [0.25, 0.3) is 0 Å². The predicted molar refractivity (Wildman–Crippen MR) is 95.3 cm³/mol. The highest BCUT2D eigenvalue weighted by atomic mass is 16.6. The number of quaternary nitrogens is 1. The number of carbonyl (C=O) groups excluding carboxylic acids is 1. The van der Waals surface area contributed by atoms with Crippen molar-refractivity contribution >= 4 is 5.97 Å². The van der Waals surface area contributed by atoms with E-state index in [0.717, 1.165) is 42.8 Å². The van der Waals surface area contributed by atoms with Gasteiger partial charge >= 0.3 is 5.97 Å². The number of esters is 1. The quantitative estimate of drug-likeness (QED) is 0.814. The smallest absolute Gasteiger partial charge is 0.344 e. The van der Waals surface area contributed by atoms with E-state index in [1.807, 2.05) is 26.8 Å². The molecule has 0 saturated carbocycles. The molecule has 1 saturated heterocycles. The third kappa shape index (κ3) is 4.97. The molecule has 0 aromatic heterocycles. The number of nitrogens with two attached hydrogens (primary N) is 1. The van der Waals surface area contributed by atoms with E-state index in [1.165, 1.54) is 0 Å². The average Bonchev–Trinajstić information content (AvgIpc) is 2.53. The van der Waals surface area contributed by atoms with E-state index >= 15 is 0 Å². The van der Waals surface area contributed by atoms with Gasteiger partial charge in [-0.2, -0.15) is 0 Å². The van der Waals surface area contributed by atoms with Crippen molar-refractivity contribution in [1.82, 2.24) is 0 Å². The Hall–Kier alpha value is -1.55. The normalized spacial score (nSPS) is 16.2. The summed E-state index contributed by atoms with van der Waals surface area (Å²) in [7, 11) is 0. The summed E-state index contributed by atoms with van der Waals surface area (Å²) in [5, 5.41) is 2.32. The lowest BCUT2D eigenvalue weighted by Crippen LogP contribution is -2.86. The largest absolute Gasteiger partial charge is 0.482 e. The number of aryl methyl sites for hydroxylation is 1. The molecule has 0 spiro atoms. The topological polar surface area (TPSA) is 52.1 Å². The zero-order valence-corrected chi connectivity index (χ0v) is 15.7. The number of rotatable bonds is 6. The van der Waals surface area contributed by atoms with Crippen molar-refractivity contribution in [3.8, 4) is 5.75 Å². The zero-order chi connectivity index (χ0) is 17.7. The van der Waals surface area contributed by atoms with E-state index in [1.54, 1.807) is 0 Å². The SMILES string of the molecule is Cc1ccc(C(C)C)c(OCC(=O)OC(C)(C)C2CC[NH2+]CC2)c1. The van der Waals surface area contributed by atoms with Crippen molar-refractivity contribution < 1.29 is 19.6 Å². The lowest BCUT2D eigenvalue weighted by Gasteiger charge is -2.35. The van der Waals surface area contributed by atoms with Gasteiger partial charge in [-0.3, -0.25) is 0 Å². The maximum atomic E-state index is 12.3. The standard InChI is InChI=1S/C20H31NO3/c1-14(2)17-7-6-15(3)12-18(17)23-13-19(22)24-20(4,5)16-8-10-21-11-9-16/h6-7,12,14,16,21H,8-11,13H2,1-5H3/p+1. The maximum Gasteiger partial charge on any atom is 0.344 e. The van der Waals surface area contributed by atoms with E-state index in [0.29, 0.717) is 11.8 Å². The van der Waals surface area contributed by atoms with Crippen LogP contribution >= 0.6 is 0 Å². The second-order valence-corrected chi connectivity index (χ2v) is 7.70. The molecule has 1 aliphatic heterocycles. The number of piperidine rings is 1. The van der Waals surface area contributed by atoms with E-state index in [4.69, 9.17) is 9.47 Å². The molecule has 134 valence electrons. The first-order valence-electron chi connectivity index (χ1n) is 9.06. The molecule has 1 heterocycles. The molecular formula is C20H32NO3+. The van der Waals surface area contributed by atoms with Crippen LogP contribution in [-0.4, -0.2) is 31.3 Å². The van der Waals surface area contributed by atoms with Crippen LogP contribution in [0.15, 0.2) is 18.2 Å². The summed E-state index contributed by atoms with van der Waals surface area (Å²) in [6, 6.07) is 6.14. The summed E-state index contributed by atoms with van der Waals surface area (Å²) < 4.78 is 11.5. The van der Waals surface area contributed by atoms with Crippen LogP contribution < -0.4 is 10.1 Å². The van der Waals surface area contributed by atoms with Crippen molar-refractivity contribution in [1.29, 1.82) is 0 Å². The highest BCUT2D eigenvalue weighted by Gasteiger charge is 2.35. The molecule has 0 aliphatic carbocycles. The molecule has 4 nitrogen and oxygen atoms in total. The molecule has 2 N–H and O–H groups in total. The van der Waals surface area contributed by atoms with Crippen molar-refractivity contribution in [2.45, 2.75) is 59.0 Å². The summed E-state index contributed by atoms with van der Waals surface area (Å²) in [5.74, 6) is 1.28. The van der Waals surface area contributed by atoms with Gasteiger partial charge in [0.15, 0.2) is 6.61 Å². The van der Waals surface area contributed by atoms with Gasteiger partial charge in [-0.05, 0) is 43.9 Å². The number of hydrogen-bond donors (Lipinski definition) is 1. The Morgan fingerprint density at radius 1 is 1.29 bits per heavy atom. The van der Waals surface area contributed by atoms with Gasteiger partial charge < -0.3 is 14.8 Å². The molecule has 2 rings (SSSR count). The van der Waals surface area contributed by atoms with Gasteiger partial charge in [-0.15, -0.1) is 0 Å². The summed E-state index contributed by atoms with van der Waals surface area (Å²) in [6.07, 6.45) is 2.19. The number of carbonyl (C=O) groups is 1. The van der Waals surface area contributed by atoms with Crippen LogP contribution in [0.1, 0.15) is 57.6 Å². The Morgan fingerprint density at radius 3 is 2.58 bits per heavy atom. The van der Waals surface area contributed by atoms with Crippen LogP contribution in [0.5, 0.6) is 5.75 Å². The minimum atomic E-state index is -0.428. The maximum absolute atomic E-state index is 12.3. The Kier molecular flexibility index (Phi) is 6.27. The molecule has 0 unspecified atom stereocenters.